The molecular weight excluding hydrogens is 308 g/mol. The van der Waals surface area contributed by atoms with E-state index < -0.39 is 0 Å². The first-order chi connectivity index (χ1) is 12.3. The fourth-order valence-corrected chi connectivity index (χ4v) is 5.42. The second-order valence-electron chi connectivity index (χ2n) is 8.75. The summed E-state index contributed by atoms with van der Waals surface area (Å²) in [4.78, 5) is 5.46. The van der Waals surface area contributed by atoms with Crippen molar-refractivity contribution in [2.75, 3.05) is 39.3 Å². The summed E-state index contributed by atoms with van der Waals surface area (Å²) in [6.07, 6.45) is 17.7. The second-order valence-corrected chi connectivity index (χ2v) is 8.75. The molecule has 3 fully saturated rings. The van der Waals surface area contributed by atoms with Gasteiger partial charge in [0.15, 0.2) is 0 Å². The molecule has 3 heterocycles. The van der Waals surface area contributed by atoms with Crippen molar-refractivity contribution < 1.29 is 4.42 Å². The third-order valence-electron chi connectivity index (χ3n) is 6.69. The van der Waals surface area contributed by atoms with Gasteiger partial charge in [-0.15, -0.1) is 0 Å². The van der Waals surface area contributed by atoms with E-state index in [2.05, 4.69) is 22.0 Å². The summed E-state index contributed by atoms with van der Waals surface area (Å²) in [7, 11) is 0. The van der Waals surface area contributed by atoms with Gasteiger partial charge in [-0.3, -0.25) is 4.90 Å². The van der Waals surface area contributed by atoms with Crippen LogP contribution >= 0.6 is 0 Å². The maximum absolute atomic E-state index is 5.38. The van der Waals surface area contributed by atoms with Crippen LogP contribution < -0.4 is 0 Å². The minimum absolute atomic E-state index is 0.575. The summed E-state index contributed by atoms with van der Waals surface area (Å²) in [5.41, 5.74) is 0.575. The van der Waals surface area contributed by atoms with Crippen LogP contribution in [0.5, 0.6) is 0 Å². The Bertz CT molecular complexity index is 546. The predicted molar refractivity (Wildman–Crippen MR) is 103 cm³/mol. The van der Waals surface area contributed by atoms with E-state index >= 15 is 0 Å². The average Bonchev–Trinajstić information content (AvgIpc) is 3.27. The lowest BCUT2D eigenvalue weighted by Crippen LogP contribution is -2.46. The van der Waals surface area contributed by atoms with Gasteiger partial charge < -0.3 is 9.32 Å². The molecule has 0 bridgehead atoms. The average molecular weight is 343 g/mol. The summed E-state index contributed by atoms with van der Waals surface area (Å²) >= 11 is 0. The molecule has 3 nitrogen and oxygen atoms in total. The van der Waals surface area contributed by atoms with Gasteiger partial charge in [0, 0.05) is 26.2 Å². The van der Waals surface area contributed by atoms with Gasteiger partial charge >= 0.3 is 0 Å². The SMILES string of the molecule is C(=C\c1ccco1)/CN1CCC2(CCCN(CC3CCCCC3)C2)C1. The van der Waals surface area contributed by atoms with Crippen molar-refractivity contribution in [3.8, 4) is 0 Å². The molecular formula is C22H34N2O. The van der Waals surface area contributed by atoms with Crippen molar-refractivity contribution in [3.63, 3.8) is 0 Å². The van der Waals surface area contributed by atoms with Gasteiger partial charge in [0.1, 0.15) is 5.76 Å². The molecule has 0 radical (unpaired) electrons. The Kier molecular flexibility index (Phi) is 5.62. The molecule has 2 saturated heterocycles. The van der Waals surface area contributed by atoms with E-state index in [1.807, 2.05) is 12.1 Å². The highest BCUT2D eigenvalue weighted by Crippen LogP contribution is 2.39. The van der Waals surface area contributed by atoms with Gasteiger partial charge in [-0.2, -0.15) is 0 Å². The Hall–Kier alpha value is -1.06. The minimum atomic E-state index is 0.575. The molecule has 2 aliphatic heterocycles. The van der Waals surface area contributed by atoms with Crippen LogP contribution in [0.2, 0.25) is 0 Å². The van der Waals surface area contributed by atoms with Crippen molar-refractivity contribution in [1.82, 2.24) is 9.80 Å². The Labute approximate surface area is 153 Å². The van der Waals surface area contributed by atoms with Crippen LogP contribution in [0.1, 0.15) is 57.1 Å². The summed E-state index contributed by atoms with van der Waals surface area (Å²) in [5.74, 6) is 1.95. The Morgan fingerprint density at radius 1 is 1.04 bits per heavy atom. The van der Waals surface area contributed by atoms with E-state index in [1.165, 1.54) is 84.1 Å². The zero-order valence-corrected chi connectivity index (χ0v) is 15.7. The van der Waals surface area contributed by atoms with Gasteiger partial charge in [0.2, 0.25) is 0 Å². The van der Waals surface area contributed by atoms with Crippen molar-refractivity contribution in [2.24, 2.45) is 11.3 Å². The zero-order chi connectivity index (χ0) is 17.0. The first-order valence-corrected chi connectivity index (χ1v) is 10.5. The molecule has 4 rings (SSSR count). The van der Waals surface area contributed by atoms with Crippen molar-refractivity contribution in [2.45, 2.75) is 51.4 Å². The van der Waals surface area contributed by atoms with Crippen LogP contribution in [-0.2, 0) is 0 Å². The van der Waals surface area contributed by atoms with E-state index in [-0.39, 0.29) is 0 Å². The van der Waals surface area contributed by atoms with Crippen molar-refractivity contribution in [1.29, 1.82) is 0 Å². The van der Waals surface area contributed by atoms with Crippen LogP contribution in [0.3, 0.4) is 0 Å². The number of hydrogen-bond acceptors (Lipinski definition) is 3. The van der Waals surface area contributed by atoms with Gasteiger partial charge in [0.05, 0.1) is 6.26 Å². The van der Waals surface area contributed by atoms with E-state index in [0.29, 0.717) is 5.41 Å². The molecule has 3 aliphatic rings. The van der Waals surface area contributed by atoms with E-state index in [1.54, 1.807) is 6.26 Å². The highest BCUT2D eigenvalue weighted by atomic mass is 16.3. The maximum Gasteiger partial charge on any atom is 0.126 e. The Morgan fingerprint density at radius 2 is 1.92 bits per heavy atom. The highest BCUT2D eigenvalue weighted by molar-refractivity contribution is 5.42. The lowest BCUT2D eigenvalue weighted by molar-refractivity contribution is 0.0753. The number of furan rings is 1. The topological polar surface area (TPSA) is 19.6 Å². The van der Waals surface area contributed by atoms with Gasteiger partial charge in [0.25, 0.3) is 0 Å². The van der Waals surface area contributed by atoms with Crippen LogP contribution in [0.25, 0.3) is 6.08 Å². The molecule has 1 aromatic rings. The van der Waals surface area contributed by atoms with Gasteiger partial charge in [-0.05, 0) is 74.7 Å². The fourth-order valence-electron chi connectivity index (χ4n) is 5.42. The summed E-state index contributed by atoms with van der Waals surface area (Å²) < 4.78 is 5.38. The van der Waals surface area contributed by atoms with Gasteiger partial charge in [-0.1, -0.05) is 25.3 Å². The molecule has 1 aliphatic carbocycles. The normalized spacial score (nSPS) is 29.9. The lowest BCUT2D eigenvalue weighted by Gasteiger charge is -2.42. The molecule has 0 amide bonds. The molecule has 0 aromatic carbocycles. The summed E-state index contributed by atoms with van der Waals surface area (Å²) in [6, 6.07) is 3.97. The highest BCUT2D eigenvalue weighted by Gasteiger charge is 2.41. The molecule has 1 unspecified atom stereocenters. The maximum atomic E-state index is 5.38. The third-order valence-corrected chi connectivity index (χ3v) is 6.69. The van der Waals surface area contributed by atoms with E-state index in [0.717, 1.165) is 18.2 Å². The number of rotatable bonds is 5. The van der Waals surface area contributed by atoms with Crippen molar-refractivity contribution in [3.05, 3.63) is 30.2 Å². The Balaban J connectivity index is 1.26. The quantitative estimate of drug-likeness (QED) is 0.776. The molecule has 0 N–H and O–H groups in total. The first-order valence-electron chi connectivity index (χ1n) is 10.5. The van der Waals surface area contributed by atoms with Gasteiger partial charge in [-0.25, -0.2) is 0 Å². The second kappa shape index (κ2) is 8.09. The van der Waals surface area contributed by atoms with Crippen LogP contribution in [0, 0.1) is 11.3 Å². The monoisotopic (exact) mass is 342 g/mol. The molecule has 1 saturated carbocycles. The van der Waals surface area contributed by atoms with Crippen LogP contribution in [-0.4, -0.2) is 49.1 Å². The van der Waals surface area contributed by atoms with E-state index in [4.69, 9.17) is 4.42 Å². The first kappa shape index (κ1) is 17.4. The number of piperidine rings is 1. The Morgan fingerprint density at radius 3 is 2.76 bits per heavy atom. The van der Waals surface area contributed by atoms with Crippen LogP contribution in [0.4, 0.5) is 0 Å². The largest absolute Gasteiger partial charge is 0.465 e. The van der Waals surface area contributed by atoms with E-state index in [9.17, 15) is 0 Å². The number of hydrogen-bond donors (Lipinski definition) is 0. The predicted octanol–water partition coefficient (Wildman–Crippen LogP) is 4.66. The minimum Gasteiger partial charge on any atom is -0.465 e. The third kappa shape index (κ3) is 4.57. The molecule has 3 heteroatoms. The van der Waals surface area contributed by atoms with Crippen LogP contribution in [0.15, 0.2) is 28.9 Å². The smallest absolute Gasteiger partial charge is 0.126 e. The number of likely N-dealkylation sites (tertiary alicyclic amines) is 2. The molecule has 1 aromatic heterocycles. The zero-order valence-electron chi connectivity index (χ0n) is 15.7. The standard InChI is InChI=1S/C22H34N2O/c1-2-7-20(8-3-1)17-24-14-6-11-22(19-24)12-15-23(18-22)13-4-9-21-10-5-16-25-21/h4-5,9-10,16,20H,1-3,6-8,11-15,17-19H2/b9-4+. The molecule has 138 valence electrons. The fraction of sp³-hybridized carbons (Fsp3) is 0.727. The molecule has 1 atom stereocenters. The molecule has 1 spiro atoms. The number of nitrogens with zero attached hydrogens (tertiary/aromatic N) is 2. The lowest BCUT2D eigenvalue weighted by atomic mass is 9.78. The van der Waals surface area contributed by atoms with Crippen molar-refractivity contribution >= 4 is 6.08 Å². The molecule has 25 heavy (non-hydrogen) atoms. The summed E-state index contributed by atoms with van der Waals surface area (Å²) in [6.45, 7) is 7.68. The summed E-state index contributed by atoms with van der Waals surface area (Å²) in [5, 5.41) is 0.